The van der Waals surface area contributed by atoms with E-state index in [4.69, 9.17) is 0 Å². The van der Waals surface area contributed by atoms with Crippen LogP contribution >= 0.6 is 0 Å². The molecule has 2 N–H and O–H groups in total. The second-order valence-corrected chi connectivity index (χ2v) is 6.13. The molecule has 4 heteroatoms. The van der Waals surface area contributed by atoms with Gasteiger partial charge in [-0.1, -0.05) is 0 Å². The van der Waals surface area contributed by atoms with Gasteiger partial charge >= 0.3 is 0 Å². The Hall–Kier alpha value is -1.13. The fourth-order valence-corrected chi connectivity index (χ4v) is 3.46. The van der Waals surface area contributed by atoms with Crippen molar-refractivity contribution in [3.05, 3.63) is 23.5 Å². The lowest BCUT2D eigenvalue weighted by Crippen LogP contribution is -2.38. The van der Waals surface area contributed by atoms with E-state index in [1.807, 2.05) is 13.0 Å². The average molecular weight is 261 g/mol. The first-order valence-electron chi connectivity index (χ1n) is 7.26. The lowest BCUT2D eigenvalue weighted by Gasteiger charge is -2.33. The summed E-state index contributed by atoms with van der Waals surface area (Å²) in [5, 5.41) is 13.3. The predicted molar refractivity (Wildman–Crippen MR) is 75.1 cm³/mol. The third-order valence-electron chi connectivity index (χ3n) is 4.64. The minimum Gasteiger partial charge on any atom is -0.506 e. The summed E-state index contributed by atoms with van der Waals surface area (Å²) in [7, 11) is 0. The van der Waals surface area contributed by atoms with Crippen molar-refractivity contribution in [2.75, 3.05) is 26.2 Å². The number of likely N-dealkylation sites (tertiary alicyclic amines) is 1. The standard InChI is InChI=1S/C15H23N3O/c1-12-2-3-14(19)13(17-12)10-18-9-6-15(11-18)4-7-16-8-5-15/h2-3,16,19H,4-11H2,1H3. The number of aromatic nitrogens is 1. The Labute approximate surface area is 114 Å². The molecule has 0 amide bonds. The molecule has 2 fully saturated rings. The third kappa shape index (κ3) is 2.74. The summed E-state index contributed by atoms with van der Waals surface area (Å²) in [5.74, 6) is 0.330. The van der Waals surface area contributed by atoms with Crippen LogP contribution in [0, 0.1) is 12.3 Å². The van der Waals surface area contributed by atoms with Gasteiger partial charge in [-0.15, -0.1) is 0 Å². The Kier molecular flexibility index (Phi) is 3.46. The Morgan fingerprint density at radius 1 is 1.32 bits per heavy atom. The molecule has 0 radical (unpaired) electrons. The molecule has 0 aromatic carbocycles. The topological polar surface area (TPSA) is 48.4 Å². The Balaban J connectivity index is 1.66. The smallest absolute Gasteiger partial charge is 0.138 e. The molecule has 4 nitrogen and oxygen atoms in total. The fourth-order valence-electron chi connectivity index (χ4n) is 3.46. The maximum Gasteiger partial charge on any atom is 0.138 e. The highest BCUT2D eigenvalue weighted by Crippen LogP contribution is 2.39. The second-order valence-electron chi connectivity index (χ2n) is 6.13. The molecule has 1 aromatic heterocycles. The average Bonchev–Trinajstić information content (AvgIpc) is 2.78. The van der Waals surface area contributed by atoms with Crippen LogP contribution in [-0.2, 0) is 6.54 Å². The number of hydrogen-bond donors (Lipinski definition) is 2. The number of nitrogens with zero attached hydrogens (tertiary/aromatic N) is 2. The fraction of sp³-hybridized carbons (Fsp3) is 0.667. The van der Waals surface area contributed by atoms with Crippen molar-refractivity contribution in [3.63, 3.8) is 0 Å². The van der Waals surface area contributed by atoms with Crippen molar-refractivity contribution in [1.82, 2.24) is 15.2 Å². The highest BCUT2D eigenvalue weighted by molar-refractivity contribution is 5.27. The summed E-state index contributed by atoms with van der Waals surface area (Å²) in [5.41, 5.74) is 2.32. The van der Waals surface area contributed by atoms with Gasteiger partial charge in [-0.2, -0.15) is 0 Å². The molecule has 19 heavy (non-hydrogen) atoms. The molecule has 1 aromatic rings. The monoisotopic (exact) mass is 261 g/mol. The lowest BCUT2D eigenvalue weighted by molar-refractivity contribution is 0.192. The number of hydrogen-bond acceptors (Lipinski definition) is 4. The third-order valence-corrected chi connectivity index (χ3v) is 4.64. The van der Waals surface area contributed by atoms with Crippen LogP contribution in [0.1, 0.15) is 30.7 Å². The summed E-state index contributed by atoms with van der Waals surface area (Å²) in [6, 6.07) is 3.62. The van der Waals surface area contributed by atoms with Gasteiger partial charge in [-0.25, -0.2) is 0 Å². The number of nitrogens with one attached hydrogen (secondary N) is 1. The number of aromatic hydroxyl groups is 1. The summed E-state index contributed by atoms with van der Waals surface area (Å²) < 4.78 is 0. The molecule has 0 atom stereocenters. The molecule has 0 saturated carbocycles. The van der Waals surface area contributed by atoms with Crippen LogP contribution in [0.2, 0.25) is 0 Å². The molecule has 2 aliphatic heterocycles. The highest BCUT2D eigenvalue weighted by atomic mass is 16.3. The SMILES string of the molecule is Cc1ccc(O)c(CN2CCC3(CCNCC3)C2)n1. The molecule has 3 heterocycles. The van der Waals surface area contributed by atoms with E-state index in [9.17, 15) is 5.11 Å². The Bertz CT molecular complexity index is 455. The van der Waals surface area contributed by atoms with Gasteiger partial charge in [-0.3, -0.25) is 9.88 Å². The van der Waals surface area contributed by atoms with Gasteiger partial charge < -0.3 is 10.4 Å². The molecule has 104 valence electrons. The van der Waals surface area contributed by atoms with Crippen LogP contribution in [0.25, 0.3) is 0 Å². The minimum atomic E-state index is 0.330. The maximum atomic E-state index is 9.90. The van der Waals surface area contributed by atoms with E-state index < -0.39 is 0 Å². The van der Waals surface area contributed by atoms with Crippen molar-refractivity contribution in [2.24, 2.45) is 5.41 Å². The largest absolute Gasteiger partial charge is 0.506 e. The quantitative estimate of drug-likeness (QED) is 0.850. The van der Waals surface area contributed by atoms with E-state index in [-0.39, 0.29) is 0 Å². The number of aryl methyl sites for hydroxylation is 1. The zero-order valence-electron chi connectivity index (χ0n) is 11.7. The summed E-state index contributed by atoms with van der Waals surface area (Å²) in [6.45, 7) is 7.35. The van der Waals surface area contributed by atoms with Gasteiger partial charge in [0.2, 0.25) is 0 Å². The van der Waals surface area contributed by atoms with Gasteiger partial charge in [0.05, 0.1) is 5.69 Å². The van der Waals surface area contributed by atoms with E-state index in [1.165, 1.54) is 19.3 Å². The van der Waals surface area contributed by atoms with Gasteiger partial charge in [0.1, 0.15) is 5.75 Å². The van der Waals surface area contributed by atoms with Crippen molar-refractivity contribution < 1.29 is 5.11 Å². The van der Waals surface area contributed by atoms with Crippen molar-refractivity contribution in [1.29, 1.82) is 0 Å². The van der Waals surface area contributed by atoms with Crippen molar-refractivity contribution in [3.8, 4) is 5.75 Å². The predicted octanol–water partition coefficient (Wildman–Crippen LogP) is 1.67. The normalized spacial score (nSPS) is 23.0. The van der Waals surface area contributed by atoms with E-state index in [0.717, 1.165) is 44.1 Å². The number of pyridine rings is 1. The highest BCUT2D eigenvalue weighted by Gasteiger charge is 2.38. The van der Waals surface area contributed by atoms with Crippen molar-refractivity contribution in [2.45, 2.75) is 32.7 Å². The molecule has 0 aliphatic carbocycles. The van der Waals surface area contributed by atoms with Crippen LogP contribution in [0.3, 0.4) is 0 Å². The van der Waals surface area contributed by atoms with E-state index >= 15 is 0 Å². The number of rotatable bonds is 2. The zero-order chi connectivity index (χ0) is 13.3. The molecule has 1 spiro atoms. The van der Waals surface area contributed by atoms with Gasteiger partial charge in [0.15, 0.2) is 0 Å². The van der Waals surface area contributed by atoms with E-state index in [1.54, 1.807) is 6.07 Å². The first-order valence-corrected chi connectivity index (χ1v) is 7.26. The molecular weight excluding hydrogens is 238 g/mol. The van der Waals surface area contributed by atoms with Crippen LogP contribution in [-0.4, -0.2) is 41.2 Å². The molecule has 0 bridgehead atoms. The minimum absolute atomic E-state index is 0.330. The molecule has 0 unspecified atom stereocenters. The Morgan fingerprint density at radius 2 is 2.11 bits per heavy atom. The number of piperidine rings is 1. The van der Waals surface area contributed by atoms with E-state index in [2.05, 4.69) is 15.2 Å². The lowest BCUT2D eigenvalue weighted by atomic mass is 9.78. The molecular formula is C15H23N3O. The van der Waals surface area contributed by atoms with Crippen LogP contribution in [0.5, 0.6) is 5.75 Å². The Morgan fingerprint density at radius 3 is 2.89 bits per heavy atom. The van der Waals surface area contributed by atoms with Crippen LogP contribution in [0.15, 0.2) is 12.1 Å². The summed E-state index contributed by atoms with van der Waals surface area (Å²) in [6.07, 6.45) is 3.87. The summed E-state index contributed by atoms with van der Waals surface area (Å²) in [4.78, 5) is 6.92. The van der Waals surface area contributed by atoms with Crippen LogP contribution < -0.4 is 5.32 Å². The maximum absolute atomic E-state index is 9.90. The second kappa shape index (κ2) is 5.10. The van der Waals surface area contributed by atoms with E-state index in [0.29, 0.717) is 11.2 Å². The molecule has 2 saturated heterocycles. The zero-order valence-corrected chi connectivity index (χ0v) is 11.7. The summed E-state index contributed by atoms with van der Waals surface area (Å²) >= 11 is 0. The molecule has 2 aliphatic rings. The van der Waals surface area contributed by atoms with Gasteiger partial charge in [0.25, 0.3) is 0 Å². The van der Waals surface area contributed by atoms with Crippen LogP contribution in [0.4, 0.5) is 0 Å². The van der Waals surface area contributed by atoms with Gasteiger partial charge in [0, 0.05) is 18.8 Å². The first-order chi connectivity index (χ1) is 9.17. The molecule has 3 rings (SSSR count). The van der Waals surface area contributed by atoms with Crippen molar-refractivity contribution >= 4 is 0 Å². The van der Waals surface area contributed by atoms with Gasteiger partial charge in [-0.05, 0) is 63.4 Å². The first kappa shape index (κ1) is 12.9.